The van der Waals surface area contributed by atoms with Crippen LogP contribution in [0.15, 0.2) is 54.6 Å². The molecule has 122 valence electrons. The van der Waals surface area contributed by atoms with Gasteiger partial charge in [0.05, 0.1) is 0 Å². The Kier molecular flexibility index (Phi) is 4.26. The Morgan fingerprint density at radius 1 is 0.792 bits per heavy atom. The van der Waals surface area contributed by atoms with Crippen molar-refractivity contribution in [1.29, 1.82) is 0 Å². The first-order valence-corrected chi connectivity index (χ1v) is 8.09. The average molecular weight is 318 g/mol. The van der Waals surface area contributed by atoms with E-state index in [0.717, 1.165) is 22.5 Å². The van der Waals surface area contributed by atoms with Crippen LogP contribution >= 0.6 is 0 Å². The second-order valence-corrected chi connectivity index (χ2v) is 6.33. The van der Waals surface area contributed by atoms with Crippen molar-refractivity contribution < 1.29 is 4.79 Å². The van der Waals surface area contributed by atoms with Gasteiger partial charge in [0.15, 0.2) is 0 Å². The molecule has 3 heteroatoms. The number of rotatable bonds is 3. The summed E-state index contributed by atoms with van der Waals surface area (Å²) in [6.07, 6.45) is 0. The first-order chi connectivity index (χ1) is 11.4. The van der Waals surface area contributed by atoms with Gasteiger partial charge in [-0.2, -0.15) is 0 Å². The van der Waals surface area contributed by atoms with Crippen molar-refractivity contribution in [1.82, 2.24) is 4.57 Å². The summed E-state index contributed by atoms with van der Waals surface area (Å²) >= 11 is 0. The summed E-state index contributed by atoms with van der Waals surface area (Å²) in [5.41, 5.74) is 7.19. The molecular weight excluding hydrogens is 296 g/mol. The fourth-order valence-corrected chi connectivity index (χ4v) is 3.09. The molecule has 1 heterocycles. The molecule has 0 bridgehead atoms. The third-order valence-corrected chi connectivity index (χ3v) is 4.14. The van der Waals surface area contributed by atoms with Gasteiger partial charge in [0.25, 0.3) is 5.91 Å². The van der Waals surface area contributed by atoms with Crippen molar-refractivity contribution in [3.8, 4) is 5.69 Å². The van der Waals surface area contributed by atoms with Crippen molar-refractivity contribution in [3.63, 3.8) is 0 Å². The number of amides is 1. The highest BCUT2D eigenvalue weighted by atomic mass is 16.1. The monoisotopic (exact) mass is 318 g/mol. The number of benzene rings is 2. The predicted molar refractivity (Wildman–Crippen MR) is 99.1 cm³/mol. The minimum Gasteiger partial charge on any atom is -0.322 e. The van der Waals surface area contributed by atoms with Gasteiger partial charge in [0, 0.05) is 28.3 Å². The molecule has 0 atom stereocenters. The summed E-state index contributed by atoms with van der Waals surface area (Å²) in [6, 6.07) is 17.9. The molecule has 0 saturated carbocycles. The van der Waals surface area contributed by atoms with Crippen LogP contribution in [0.1, 0.15) is 32.9 Å². The van der Waals surface area contributed by atoms with Gasteiger partial charge in [-0.15, -0.1) is 0 Å². The molecule has 1 amide bonds. The number of hydrogen-bond acceptors (Lipinski definition) is 1. The molecule has 0 spiro atoms. The summed E-state index contributed by atoms with van der Waals surface area (Å²) in [4.78, 5) is 12.5. The lowest BCUT2D eigenvalue weighted by Crippen LogP contribution is -2.12. The zero-order valence-corrected chi connectivity index (χ0v) is 14.6. The quantitative estimate of drug-likeness (QED) is 0.727. The van der Waals surface area contributed by atoms with Crippen LogP contribution in [0.25, 0.3) is 5.69 Å². The molecule has 24 heavy (non-hydrogen) atoms. The Morgan fingerprint density at radius 3 is 1.88 bits per heavy atom. The topological polar surface area (TPSA) is 34.0 Å². The summed E-state index contributed by atoms with van der Waals surface area (Å²) < 4.78 is 2.17. The lowest BCUT2D eigenvalue weighted by molar-refractivity contribution is 0.102. The van der Waals surface area contributed by atoms with Crippen molar-refractivity contribution in [2.75, 3.05) is 5.32 Å². The van der Waals surface area contributed by atoms with E-state index in [1.165, 1.54) is 11.4 Å². The third-order valence-electron chi connectivity index (χ3n) is 4.14. The maximum Gasteiger partial charge on any atom is 0.255 e. The number of nitrogens with zero attached hydrogens (tertiary/aromatic N) is 1. The highest BCUT2D eigenvalue weighted by Crippen LogP contribution is 2.18. The second kappa shape index (κ2) is 6.36. The number of nitrogens with one attached hydrogen (secondary N) is 1. The van der Waals surface area contributed by atoms with Gasteiger partial charge in [-0.3, -0.25) is 4.79 Å². The van der Waals surface area contributed by atoms with Gasteiger partial charge >= 0.3 is 0 Å². The molecule has 0 fully saturated rings. The zero-order chi connectivity index (χ0) is 17.3. The summed E-state index contributed by atoms with van der Waals surface area (Å²) in [6.45, 7) is 8.21. The first-order valence-electron chi connectivity index (χ1n) is 8.09. The van der Waals surface area contributed by atoms with Gasteiger partial charge in [-0.1, -0.05) is 6.07 Å². The third kappa shape index (κ3) is 3.25. The van der Waals surface area contributed by atoms with Crippen LogP contribution in [0.2, 0.25) is 0 Å². The highest BCUT2D eigenvalue weighted by Gasteiger charge is 2.08. The summed E-state index contributed by atoms with van der Waals surface area (Å²) in [5, 5.41) is 2.97. The first kappa shape index (κ1) is 16.1. The van der Waals surface area contributed by atoms with E-state index in [2.05, 4.69) is 41.9 Å². The molecule has 3 nitrogen and oxygen atoms in total. The van der Waals surface area contributed by atoms with E-state index in [1.807, 2.05) is 50.2 Å². The smallest absolute Gasteiger partial charge is 0.255 e. The number of carbonyl (C=O) groups is 1. The number of anilines is 1. The van der Waals surface area contributed by atoms with Crippen LogP contribution in [0.3, 0.4) is 0 Å². The molecule has 0 unspecified atom stereocenters. The Bertz CT molecular complexity index is 849. The van der Waals surface area contributed by atoms with Crippen LogP contribution < -0.4 is 5.32 Å². The molecule has 1 aromatic heterocycles. The molecule has 2 aromatic carbocycles. The van der Waals surface area contributed by atoms with Crippen molar-refractivity contribution in [2.45, 2.75) is 27.7 Å². The molecule has 0 saturated heterocycles. The van der Waals surface area contributed by atoms with E-state index >= 15 is 0 Å². The summed E-state index contributed by atoms with van der Waals surface area (Å²) in [7, 11) is 0. The van der Waals surface area contributed by atoms with Crippen LogP contribution in [0, 0.1) is 27.7 Å². The molecule has 3 rings (SSSR count). The molecule has 0 aliphatic carbocycles. The van der Waals surface area contributed by atoms with Crippen LogP contribution in [0.5, 0.6) is 0 Å². The number of aromatic nitrogens is 1. The number of carbonyl (C=O) groups excluding carboxylic acids is 1. The fraction of sp³-hybridized carbons (Fsp3) is 0.190. The predicted octanol–water partition coefficient (Wildman–Crippen LogP) is 4.96. The van der Waals surface area contributed by atoms with Crippen molar-refractivity contribution in [3.05, 3.63) is 82.7 Å². The van der Waals surface area contributed by atoms with Crippen molar-refractivity contribution in [2.24, 2.45) is 0 Å². The fourth-order valence-electron chi connectivity index (χ4n) is 3.09. The largest absolute Gasteiger partial charge is 0.322 e. The molecule has 1 N–H and O–H groups in total. The Balaban J connectivity index is 1.81. The van der Waals surface area contributed by atoms with Gasteiger partial charge in [0.2, 0.25) is 0 Å². The average Bonchev–Trinajstić information content (AvgIpc) is 2.85. The Hall–Kier alpha value is -2.81. The van der Waals surface area contributed by atoms with Gasteiger partial charge in [0.1, 0.15) is 0 Å². The number of aryl methyl sites for hydroxylation is 4. The molecular formula is C21H22N2O. The van der Waals surface area contributed by atoms with Crippen molar-refractivity contribution >= 4 is 11.6 Å². The van der Waals surface area contributed by atoms with Crippen LogP contribution in [0.4, 0.5) is 5.69 Å². The maximum atomic E-state index is 12.5. The Morgan fingerprint density at radius 2 is 1.33 bits per heavy atom. The van der Waals surface area contributed by atoms with E-state index in [-0.39, 0.29) is 5.91 Å². The Labute approximate surface area is 143 Å². The molecule has 0 radical (unpaired) electrons. The van der Waals surface area contributed by atoms with E-state index in [1.54, 1.807) is 0 Å². The summed E-state index contributed by atoms with van der Waals surface area (Å²) in [5.74, 6) is -0.0903. The lowest BCUT2D eigenvalue weighted by atomic mass is 10.1. The van der Waals surface area contributed by atoms with E-state index in [9.17, 15) is 4.79 Å². The maximum absolute atomic E-state index is 12.5. The minimum atomic E-state index is -0.0903. The van der Waals surface area contributed by atoms with Crippen LogP contribution in [-0.2, 0) is 0 Å². The van der Waals surface area contributed by atoms with Gasteiger partial charge < -0.3 is 9.88 Å². The minimum absolute atomic E-state index is 0.0903. The van der Waals surface area contributed by atoms with E-state index in [0.29, 0.717) is 5.56 Å². The SMILES string of the molecule is Cc1cc(C)cc(NC(=O)c2ccc(-n3c(C)ccc3C)cc2)c1. The van der Waals surface area contributed by atoms with Crippen LogP contribution in [-0.4, -0.2) is 10.5 Å². The standard InChI is InChI=1S/C21H22N2O/c1-14-11-15(2)13-19(12-14)22-21(24)18-7-9-20(10-8-18)23-16(3)5-6-17(23)4/h5-13H,1-4H3,(H,22,24). The molecule has 3 aromatic rings. The molecule has 0 aliphatic heterocycles. The van der Waals surface area contributed by atoms with Gasteiger partial charge in [-0.25, -0.2) is 0 Å². The molecule has 0 aliphatic rings. The van der Waals surface area contributed by atoms with E-state index in [4.69, 9.17) is 0 Å². The second-order valence-electron chi connectivity index (χ2n) is 6.33. The number of hydrogen-bond donors (Lipinski definition) is 1. The lowest BCUT2D eigenvalue weighted by Gasteiger charge is -2.11. The highest BCUT2D eigenvalue weighted by molar-refractivity contribution is 6.04. The van der Waals surface area contributed by atoms with Gasteiger partial charge in [-0.05, 0) is 87.4 Å². The van der Waals surface area contributed by atoms with E-state index < -0.39 is 0 Å². The normalized spacial score (nSPS) is 10.7. The zero-order valence-electron chi connectivity index (χ0n) is 14.6.